The van der Waals surface area contributed by atoms with Crippen molar-refractivity contribution in [2.24, 2.45) is 28.2 Å². The predicted molar refractivity (Wildman–Crippen MR) is 566 cm³/mol. The number of benzene rings is 4. The first-order valence-corrected chi connectivity index (χ1v) is 47.7. The van der Waals surface area contributed by atoms with E-state index in [1.54, 1.807) is 121 Å². The van der Waals surface area contributed by atoms with Crippen molar-refractivity contribution in [2.75, 3.05) is 167 Å². The summed E-state index contributed by atoms with van der Waals surface area (Å²) in [5.41, 5.74) is 19.7. The van der Waals surface area contributed by atoms with Crippen LogP contribution in [0.3, 0.4) is 0 Å². The van der Waals surface area contributed by atoms with Gasteiger partial charge in [-0.05, 0) is 157 Å². The molecule has 4 aromatic carbocycles. The number of anilines is 12. The summed E-state index contributed by atoms with van der Waals surface area (Å²) in [6.07, 6.45) is 20.5. The van der Waals surface area contributed by atoms with Crippen LogP contribution in [0.4, 0.5) is 88.5 Å². The number of carbonyl (C=O) groups is 4. The summed E-state index contributed by atoms with van der Waals surface area (Å²) < 4.78 is 28.4. The predicted octanol–water partition coefficient (Wildman–Crippen LogP) is 15.6. The van der Waals surface area contributed by atoms with Crippen molar-refractivity contribution < 1.29 is 38.1 Å². The number of imidazole rings is 2. The third kappa shape index (κ3) is 22.2. The van der Waals surface area contributed by atoms with E-state index < -0.39 is 0 Å². The Kier molecular flexibility index (Phi) is 28.1. The third-order valence-corrected chi connectivity index (χ3v) is 24.9. The van der Waals surface area contributed by atoms with Crippen LogP contribution in [0.2, 0.25) is 0 Å². The molecule has 20 heterocycles. The molecule has 0 atom stereocenters. The molecule has 24 rings (SSSR count). The first-order chi connectivity index (χ1) is 72.5. The highest BCUT2D eigenvalue weighted by Crippen LogP contribution is 2.37. The van der Waals surface area contributed by atoms with Crippen LogP contribution < -0.4 is 62.1 Å². The van der Waals surface area contributed by atoms with Gasteiger partial charge in [0, 0.05) is 240 Å². The Balaban J connectivity index is 0.000000116. The highest BCUT2D eigenvalue weighted by Gasteiger charge is 2.26. The van der Waals surface area contributed by atoms with Crippen molar-refractivity contribution in [3.8, 4) is 90.3 Å². The van der Waals surface area contributed by atoms with Crippen molar-refractivity contribution in [3.63, 3.8) is 0 Å². The lowest BCUT2D eigenvalue weighted by Gasteiger charge is -2.28. The maximum absolute atomic E-state index is 12.6. The topological polar surface area (TPSA) is 504 Å². The molecule has 0 radical (unpaired) electrons. The minimum Gasteiger partial charge on any atom is -0.378 e. The number of H-pyrrole nitrogens is 4. The van der Waals surface area contributed by atoms with Gasteiger partial charge in [-0.3, -0.25) is 59.9 Å². The highest BCUT2D eigenvalue weighted by atomic mass is 16.5. The Hall–Kier alpha value is -19.1. The fraction of sp³-hybridized carbons (Fsp3) is 0.192. The summed E-state index contributed by atoms with van der Waals surface area (Å²) in [7, 11) is 7.11. The number of pyridine rings is 6. The smallest absolute Gasteiger partial charge is 0.324 e. The number of amides is 8. The molecule has 0 saturated carbocycles. The van der Waals surface area contributed by atoms with Gasteiger partial charge in [-0.1, -0.05) is 24.3 Å². The second-order valence-electron chi connectivity index (χ2n) is 34.7. The first-order valence-electron chi connectivity index (χ1n) is 47.7. The molecule has 8 amide bonds. The van der Waals surface area contributed by atoms with E-state index >= 15 is 0 Å². The summed E-state index contributed by atoms with van der Waals surface area (Å²) in [4.78, 5) is 126. The quantitative estimate of drug-likeness (QED) is 0.0337. The number of fused-ring (bicyclic) bond motifs is 4. The number of ether oxygens (including phenoxy) is 4. The van der Waals surface area contributed by atoms with Gasteiger partial charge in [0.25, 0.3) is 0 Å². The molecular weight excluding hydrogens is 1880 g/mol. The zero-order valence-corrected chi connectivity index (χ0v) is 80.7. The number of aromatic amines is 4. The number of aryl methyl sites for hydroxylation is 4. The van der Waals surface area contributed by atoms with E-state index in [-0.39, 0.29) is 24.1 Å². The van der Waals surface area contributed by atoms with E-state index in [9.17, 15) is 19.2 Å². The standard InChI is InChI=1S/C27H26N8O2.2C26H25N9O2.C25H24N10O2/c1-34-25(16-24(33-34)19-3-2-9-28-17-19)32-27(36)30-20-6-4-18(5-7-20)23-15-21-22(31-23)8-10-29-26(21)35-11-13-37-14-12-35;1-34-22(15-21(33-34)18-3-2-9-27-16-18)31-26(36)29-19-6-4-17(5-7-19)24-30-20-8-10-28-25(23(20)32-24)35-11-13-37-14-12-35;1-34-23(14-22(33-34)18-3-2-8-27-15-18)32-26(36)30-19-6-4-17(5-7-19)21-13-20-24(31-21)28-16-29-25(20)35-9-11-37-12-10-35;1-34-20(13-19(33-34)17-3-2-8-26-14-17)30-25(36)29-18-6-4-16(5-7-18)22-31-21-23(32-22)27-15-28-24(21)35-9-11-37-12-10-35/h2-10,15-17,31H,11-14H2,1H3,(H2,30,32,36);2-10,15-16H,11-14H2,1H3,(H,30,32)(H2,29,31,36);2-8,13-16H,9-12H2,1H3,(H,28,29,31)(H2,30,32,36);2-8,13-15H,9-12H2,1H3,(H2,29,30,36)(H,27,28,31,32). The van der Waals surface area contributed by atoms with Crippen molar-refractivity contribution in [3.05, 3.63) is 269 Å². The Morgan fingerprint density at radius 2 is 0.635 bits per heavy atom. The van der Waals surface area contributed by atoms with E-state index in [1.165, 1.54) is 6.33 Å². The van der Waals surface area contributed by atoms with Gasteiger partial charge in [0.1, 0.15) is 75.9 Å². The fourth-order valence-corrected chi connectivity index (χ4v) is 17.3. The zero-order chi connectivity index (χ0) is 101. The summed E-state index contributed by atoms with van der Waals surface area (Å²) in [6.45, 7) is 11.9. The first kappa shape index (κ1) is 95.1. The summed E-state index contributed by atoms with van der Waals surface area (Å²) in [6, 6.07) is 59.2. The molecule has 744 valence electrons. The second kappa shape index (κ2) is 43.8. The minimum absolute atomic E-state index is 0.347. The minimum atomic E-state index is -0.373. The van der Waals surface area contributed by atoms with E-state index in [1.807, 2.05) is 176 Å². The van der Waals surface area contributed by atoms with E-state index in [0.717, 1.165) is 199 Å². The lowest BCUT2D eigenvalue weighted by Crippen LogP contribution is -2.36. The molecular formula is C104H100N36O8. The number of nitrogens with one attached hydrogen (secondary N) is 12. The number of hydrogen-bond donors (Lipinski definition) is 12. The molecule has 20 aromatic rings. The maximum Gasteiger partial charge on any atom is 0.324 e. The number of aromatic nitrogens is 24. The van der Waals surface area contributed by atoms with Crippen molar-refractivity contribution >= 4 is 138 Å². The van der Waals surface area contributed by atoms with Gasteiger partial charge in [-0.2, -0.15) is 20.4 Å². The van der Waals surface area contributed by atoms with Crippen LogP contribution in [-0.2, 0) is 47.1 Å². The van der Waals surface area contributed by atoms with Crippen molar-refractivity contribution in [1.29, 1.82) is 0 Å². The number of carbonyl (C=O) groups excluding carboxylic acids is 4. The highest BCUT2D eigenvalue weighted by molar-refractivity contribution is 6.04. The van der Waals surface area contributed by atoms with Gasteiger partial charge in [-0.15, -0.1) is 0 Å². The van der Waals surface area contributed by atoms with E-state index in [0.29, 0.717) is 110 Å². The molecule has 4 fully saturated rings. The Bertz CT molecular complexity index is 7090. The monoisotopic (exact) mass is 1980 g/mol. The van der Waals surface area contributed by atoms with Crippen molar-refractivity contribution in [1.82, 2.24) is 119 Å². The van der Waals surface area contributed by atoms with Gasteiger partial charge in [0.15, 0.2) is 17.3 Å². The van der Waals surface area contributed by atoms with Crippen LogP contribution in [0.1, 0.15) is 0 Å². The summed E-state index contributed by atoms with van der Waals surface area (Å²) in [5.74, 6) is 7.27. The lowest BCUT2D eigenvalue weighted by atomic mass is 10.1. The van der Waals surface area contributed by atoms with Crippen LogP contribution >= 0.6 is 0 Å². The molecule has 4 aliphatic heterocycles. The number of nitrogens with zero attached hydrogens (tertiary/aromatic N) is 24. The van der Waals surface area contributed by atoms with Gasteiger partial charge in [0.2, 0.25) is 0 Å². The van der Waals surface area contributed by atoms with Gasteiger partial charge in [-0.25, -0.2) is 59.0 Å². The van der Waals surface area contributed by atoms with Crippen LogP contribution in [0, 0.1) is 0 Å². The Labute approximate surface area is 844 Å². The van der Waals surface area contributed by atoms with Gasteiger partial charge < -0.3 is 79.8 Å². The zero-order valence-electron chi connectivity index (χ0n) is 80.7. The SMILES string of the molecule is Cn1nc(-c2cccnc2)cc1NC(=O)Nc1ccc(-c2cc3c(N4CCOCC4)nccc3[nH]2)cc1.Cn1nc(-c2cccnc2)cc1NC(=O)Nc1ccc(-c2cc3c(N4CCOCC4)ncnc3[nH]2)cc1.Cn1nc(-c2cccnc2)cc1NC(=O)Nc1ccc(-c2nc3c(N4CCOCC4)nccc3[nH]2)cc1.Cn1nc(-c2cccnc2)cc1NC(=O)Nc1ccc(-c2nc3ncnc(N4CCOCC4)c3[nH]2)cc1. The molecule has 0 unspecified atom stereocenters. The third-order valence-electron chi connectivity index (χ3n) is 24.9. The molecule has 148 heavy (non-hydrogen) atoms. The van der Waals surface area contributed by atoms with Crippen LogP contribution in [0.5, 0.6) is 0 Å². The number of hydrogen-bond acceptors (Lipinski definition) is 28. The van der Waals surface area contributed by atoms with Crippen LogP contribution in [0.25, 0.3) is 134 Å². The summed E-state index contributed by atoms with van der Waals surface area (Å²) >= 11 is 0. The molecule has 44 nitrogen and oxygen atoms in total. The fourth-order valence-electron chi connectivity index (χ4n) is 17.3. The average Bonchev–Trinajstić information content (AvgIpc) is 1.64. The molecule has 0 spiro atoms. The molecule has 0 aliphatic carbocycles. The number of rotatable bonds is 20. The molecule has 4 saturated heterocycles. The molecule has 44 heteroatoms. The largest absolute Gasteiger partial charge is 0.378 e. The lowest BCUT2D eigenvalue weighted by molar-refractivity contribution is 0.122. The van der Waals surface area contributed by atoms with Gasteiger partial charge in [0.05, 0.1) is 92.1 Å². The van der Waals surface area contributed by atoms with Gasteiger partial charge >= 0.3 is 24.1 Å². The molecule has 0 bridgehead atoms. The number of morpholine rings is 4. The van der Waals surface area contributed by atoms with Crippen molar-refractivity contribution in [2.45, 2.75) is 0 Å². The number of urea groups is 4. The average molecular weight is 1980 g/mol. The Morgan fingerprint density at radius 3 is 1.03 bits per heavy atom. The Morgan fingerprint density at radius 1 is 0.297 bits per heavy atom. The molecule has 16 aromatic heterocycles. The van der Waals surface area contributed by atoms with Crippen LogP contribution in [-0.4, -0.2) is 248 Å². The summed E-state index contributed by atoms with van der Waals surface area (Å²) in [5, 5.41) is 42.7. The molecule has 4 aliphatic rings. The second-order valence-corrected chi connectivity index (χ2v) is 34.7. The molecule has 12 N–H and O–H groups in total. The van der Waals surface area contributed by atoms with E-state index in [2.05, 4.69) is 169 Å². The van der Waals surface area contributed by atoms with Crippen LogP contribution in [0.15, 0.2) is 269 Å². The van der Waals surface area contributed by atoms with E-state index in [4.69, 9.17) is 23.9 Å². The normalized spacial score (nSPS) is 13.6. The maximum atomic E-state index is 12.6.